The van der Waals surface area contributed by atoms with Gasteiger partial charge in [-0.05, 0) is 50.5 Å². The van der Waals surface area contributed by atoms with E-state index in [0.717, 1.165) is 32.2 Å². The third-order valence-electron chi connectivity index (χ3n) is 5.72. The van der Waals surface area contributed by atoms with Gasteiger partial charge in [-0.25, -0.2) is 4.39 Å². The molecule has 2 aliphatic rings. The van der Waals surface area contributed by atoms with E-state index in [1.165, 1.54) is 24.3 Å². The molecule has 0 bridgehead atoms. The van der Waals surface area contributed by atoms with Crippen LogP contribution in [0.4, 0.5) is 4.39 Å². The molecule has 3 rings (SSSR count). The summed E-state index contributed by atoms with van der Waals surface area (Å²) >= 11 is 0. The summed E-state index contributed by atoms with van der Waals surface area (Å²) in [5.74, 6) is -0.185. The van der Waals surface area contributed by atoms with Gasteiger partial charge in [-0.3, -0.25) is 9.59 Å². The molecular formula is C19H25FN2O2. The van der Waals surface area contributed by atoms with Gasteiger partial charge < -0.3 is 9.80 Å². The maximum Gasteiger partial charge on any atom is 0.253 e. The van der Waals surface area contributed by atoms with Crippen LogP contribution in [0.3, 0.4) is 0 Å². The van der Waals surface area contributed by atoms with E-state index >= 15 is 0 Å². The van der Waals surface area contributed by atoms with Crippen molar-refractivity contribution in [3.05, 3.63) is 35.6 Å². The molecule has 1 saturated carbocycles. The lowest BCUT2D eigenvalue weighted by Gasteiger charge is -2.47. The number of fused-ring (bicyclic) bond motifs is 1. The lowest BCUT2D eigenvalue weighted by atomic mass is 9.74. The lowest BCUT2D eigenvalue weighted by Crippen LogP contribution is -2.56. The molecule has 2 amide bonds. The minimum Gasteiger partial charge on any atom is -0.341 e. The van der Waals surface area contributed by atoms with Crippen molar-refractivity contribution in [2.45, 2.75) is 45.1 Å². The fourth-order valence-electron chi connectivity index (χ4n) is 4.59. The lowest BCUT2D eigenvalue weighted by molar-refractivity contribution is -0.141. The van der Waals surface area contributed by atoms with Crippen molar-refractivity contribution in [3.8, 4) is 0 Å². The molecule has 4 nitrogen and oxygen atoms in total. The number of nitrogens with zero attached hydrogens (tertiary/aromatic N) is 2. The molecule has 1 aromatic carbocycles. The van der Waals surface area contributed by atoms with Crippen molar-refractivity contribution in [2.24, 2.45) is 5.41 Å². The average Bonchev–Trinajstić information content (AvgIpc) is 2.98. The van der Waals surface area contributed by atoms with Crippen LogP contribution in [-0.2, 0) is 4.79 Å². The molecule has 24 heavy (non-hydrogen) atoms. The summed E-state index contributed by atoms with van der Waals surface area (Å²) in [6.07, 6.45) is 4.62. The molecule has 1 saturated heterocycles. The first-order valence-electron chi connectivity index (χ1n) is 8.77. The second kappa shape index (κ2) is 6.54. The summed E-state index contributed by atoms with van der Waals surface area (Å²) in [5.41, 5.74) is 0.512. The maximum absolute atomic E-state index is 13.1. The summed E-state index contributed by atoms with van der Waals surface area (Å²) < 4.78 is 13.1. The zero-order valence-electron chi connectivity index (χ0n) is 14.4. The predicted molar refractivity (Wildman–Crippen MR) is 90.1 cm³/mol. The molecule has 2 atom stereocenters. The Kier molecular flexibility index (Phi) is 4.61. The van der Waals surface area contributed by atoms with Gasteiger partial charge in [0.25, 0.3) is 5.91 Å². The highest BCUT2D eigenvalue weighted by molar-refractivity contribution is 5.94. The molecule has 0 radical (unpaired) electrons. The van der Waals surface area contributed by atoms with Crippen molar-refractivity contribution < 1.29 is 14.0 Å². The molecule has 5 heteroatoms. The predicted octanol–water partition coefficient (Wildman–Crippen LogP) is 3.08. The number of hydrogen-bond donors (Lipinski definition) is 0. The third-order valence-corrected chi connectivity index (χ3v) is 5.72. The van der Waals surface area contributed by atoms with Crippen LogP contribution in [0.2, 0.25) is 0 Å². The first-order chi connectivity index (χ1) is 11.5. The number of carbonyl (C=O) groups is 2. The van der Waals surface area contributed by atoms with Gasteiger partial charge in [-0.1, -0.05) is 6.42 Å². The number of piperidine rings is 1. The molecule has 0 N–H and O–H groups in total. The second-order valence-corrected chi connectivity index (χ2v) is 7.12. The van der Waals surface area contributed by atoms with Crippen LogP contribution in [0.15, 0.2) is 24.3 Å². The van der Waals surface area contributed by atoms with Crippen LogP contribution in [0.25, 0.3) is 0 Å². The SMILES string of the molecule is CCN1C(=O)CCC2(CN(C)C(=O)c3ccc(F)cc3)CCCC12. The number of carbonyl (C=O) groups excluding carboxylic acids is 2. The van der Waals surface area contributed by atoms with E-state index in [1.54, 1.807) is 4.90 Å². The molecule has 130 valence electrons. The number of amides is 2. The molecule has 1 aromatic rings. The van der Waals surface area contributed by atoms with Crippen LogP contribution >= 0.6 is 0 Å². The van der Waals surface area contributed by atoms with Gasteiger partial charge in [0.1, 0.15) is 5.82 Å². The number of benzene rings is 1. The van der Waals surface area contributed by atoms with Gasteiger partial charge in [0.15, 0.2) is 0 Å². The van der Waals surface area contributed by atoms with Gasteiger partial charge in [0.2, 0.25) is 5.91 Å². The highest BCUT2D eigenvalue weighted by Gasteiger charge is 2.50. The molecule has 0 spiro atoms. The van der Waals surface area contributed by atoms with Gasteiger partial charge in [-0.2, -0.15) is 0 Å². The first-order valence-corrected chi connectivity index (χ1v) is 8.77. The largest absolute Gasteiger partial charge is 0.341 e. The zero-order chi connectivity index (χ0) is 17.3. The Morgan fingerprint density at radius 3 is 2.71 bits per heavy atom. The second-order valence-electron chi connectivity index (χ2n) is 7.12. The average molecular weight is 332 g/mol. The summed E-state index contributed by atoms with van der Waals surface area (Å²) in [7, 11) is 1.81. The van der Waals surface area contributed by atoms with E-state index < -0.39 is 0 Å². The number of likely N-dealkylation sites (tertiary alicyclic amines) is 1. The first kappa shape index (κ1) is 16.9. The Bertz CT molecular complexity index is 631. The van der Waals surface area contributed by atoms with E-state index in [1.807, 2.05) is 18.9 Å². The molecule has 1 aliphatic carbocycles. The molecule has 1 aliphatic heterocycles. The van der Waals surface area contributed by atoms with Gasteiger partial charge in [0.05, 0.1) is 0 Å². The molecule has 0 aromatic heterocycles. The van der Waals surface area contributed by atoms with Crippen molar-refractivity contribution in [1.29, 1.82) is 0 Å². The number of rotatable bonds is 4. The minimum absolute atomic E-state index is 0.00829. The van der Waals surface area contributed by atoms with Crippen LogP contribution < -0.4 is 0 Å². The Hall–Kier alpha value is -1.91. The molecule has 1 heterocycles. The van der Waals surface area contributed by atoms with E-state index in [4.69, 9.17) is 0 Å². The monoisotopic (exact) mass is 332 g/mol. The Morgan fingerprint density at radius 1 is 1.33 bits per heavy atom. The fraction of sp³-hybridized carbons (Fsp3) is 0.579. The van der Waals surface area contributed by atoms with Crippen molar-refractivity contribution in [3.63, 3.8) is 0 Å². The van der Waals surface area contributed by atoms with E-state index in [9.17, 15) is 14.0 Å². The van der Waals surface area contributed by atoms with Crippen molar-refractivity contribution in [1.82, 2.24) is 9.80 Å². The Morgan fingerprint density at radius 2 is 2.04 bits per heavy atom. The fourth-order valence-corrected chi connectivity index (χ4v) is 4.59. The van der Waals surface area contributed by atoms with Gasteiger partial charge in [-0.15, -0.1) is 0 Å². The van der Waals surface area contributed by atoms with Crippen molar-refractivity contribution >= 4 is 11.8 Å². The molecule has 2 unspecified atom stereocenters. The number of hydrogen-bond acceptors (Lipinski definition) is 2. The summed E-state index contributed by atoms with van der Waals surface area (Å²) in [5, 5.41) is 0. The zero-order valence-corrected chi connectivity index (χ0v) is 14.4. The van der Waals surface area contributed by atoms with Gasteiger partial charge >= 0.3 is 0 Å². The Labute approximate surface area is 142 Å². The summed E-state index contributed by atoms with van der Waals surface area (Å²) in [4.78, 5) is 28.6. The smallest absolute Gasteiger partial charge is 0.253 e. The normalized spacial score (nSPS) is 26.4. The van der Waals surface area contributed by atoms with Crippen LogP contribution in [0.1, 0.15) is 49.4 Å². The highest BCUT2D eigenvalue weighted by atomic mass is 19.1. The standard InChI is InChI=1S/C19H25FN2O2/c1-3-22-16-5-4-11-19(16,12-10-17(22)23)13-21(2)18(24)14-6-8-15(20)9-7-14/h6-9,16H,3-5,10-13H2,1-2H3. The summed E-state index contributed by atoms with van der Waals surface area (Å²) in [6, 6.07) is 5.93. The molecule has 2 fully saturated rings. The maximum atomic E-state index is 13.1. The van der Waals surface area contributed by atoms with Gasteiger partial charge in [0, 0.05) is 43.6 Å². The van der Waals surface area contributed by atoms with Crippen LogP contribution in [-0.4, -0.2) is 47.8 Å². The number of halogens is 1. The highest BCUT2D eigenvalue weighted by Crippen LogP contribution is 2.48. The Balaban J connectivity index is 1.77. The third kappa shape index (κ3) is 2.92. The molecular weight excluding hydrogens is 307 g/mol. The topological polar surface area (TPSA) is 40.6 Å². The van der Waals surface area contributed by atoms with Crippen LogP contribution in [0, 0.1) is 11.2 Å². The van der Waals surface area contributed by atoms with Crippen molar-refractivity contribution in [2.75, 3.05) is 20.1 Å². The van der Waals surface area contributed by atoms with E-state index in [2.05, 4.69) is 0 Å². The minimum atomic E-state index is -0.340. The van der Waals surface area contributed by atoms with E-state index in [0.29, 0.717) is 18.5 Å². The quantitative estimate of drug-likeness (QED) is 0.850. The van der Waals surface area contributed by atoms with E-state index in [-0.39, 0.29) is 29.1 Å². The summed E-state index contributed by atoms with van der Waals surface area (Å²) in [6.45, 7) is 3.41. The van der Waals surface area contributed by atoms with Crippen LogP contribution in [0.5, 0.6) is 0 Å².